The highest BCUT2D eigenvalue weighted by Crippen LogP contribution is 2.52. The average Bonchev–Trinajstić information content (AvgIpc) is 3.44. The summed E-state index contributed by atoms with van der Waals surface area (Å²) >= 11 is 7.45. The lowest BCUT2D eigenvalue weighted by molar-refractivity contribution is -0.143. The molecule has 2 aliphatic carbocycles. The van der Waals surface area contributed by atoms with Gasteiger partial charge in [-0.15, -0.1) is 11.3 Å². The van der Waals surface area contributed by atoms with Gasteiger partial charge in [0, 0.05) is 16.0 Å². The maximum atomic E-state index is 12.7. The molecule has 1 saturated heterocycles. The number of thiazole rings is 1. The van der Waals surface area contributed by atoms with Gasteiger partial charge >= 0.3 is 0 Å². The van der Waals surface area contributed by atoms with Gasteiger partial charge in [-0.25, -0.2) is 4.98 Å². The molecular formula is C20H16ClN3O3S. The third-order valence-electron chi connectivity index (χ3n) is 5.76. The number of allylic oxidation sites excluding steroid dienone is 2. The lowest BCUT2D eigenvalue weighted by atomic mass is 9.85. The Kier molecular flexibility index (Phi) is 4.10. The summed E-state index contributed by atoms with van der Waals surface area (Å²) in [6, 6.07) is 7.33. The van der Waals surface area contributed by atoms with Crippen LogP contribution in [0.15, 0.2) is 41.8 Å². The van der Waals surface area contributed by atoms with Crippen LogP contribution >= 0.6 is 22.9 Å². The fraction of sp³-hybridized carbons (Fsp3) is 0.300. The summed E-state index contributed by atoms with van der Waals surface area (Å²) < 4.78 is 0. The number of carbonyl (C=O) groups excluding carboxylic acids is 3. The van der Waals surface area contributed by atoms with Crippen molar-refractivity contribution in [1.82, 2.24) is 9.88 Å². The number of benzene rings is 1. The number of aromatic nitrogens is 1. The normalized spacial score (nSPS) is 27.5. The van der Waals surface area contributed by atoms with E-state index >= 15 is 0 Å². The third kappa shape index (κ3) is 2.69. The van der Waals surface area contributed by atoms with E-state index in [1.54, 1.807) is 11.4 Å². The average molecular weight is 414 g/mol. The van der Waals surface area contributed by atoms with E-state index in [0.717, 1.165) is 16.9 Å². The Morgan fingerprint density at radius 2 is 1.86 bits per heavy atom. The molecule has 4 unspecified atom stereocenters. The van der Waals surface area contributed by atoms with Crippen molar-refractivity contribution >= 4 is 45.8 Å². The minimum absolute atomic E-state index is 0.136. The van der Waals surface area contributed by atoms with Crippen molar-refractivity contribution in [1.29, 1.82) is 0 Å². The van der Waals surface area contributed by atoms with Crippen LogP contribution in [0, 0.1) is 23.7 Å². The molecule has 1 aromatic carbocycles. The molecule has 2 heterocycles. The molecule has 2 bridgehead atoms. The Labute approximate surface area is 170 Å². The number of imide groups is 1. The number of hydrogen-bond donors (Lipinski definition) is 1. The predicted octanol–water partition coefficient (Wildman–Crippen LogP) is 3.21. The lowest BCUT2D eigenvalue weighted by Gasteiger charge is -2.16. The van der Waals surface area contributed by atoms with Gasteiger partial charge in [0.1, 0.15) is 6.54 Å². The van der Waals surface area contributed by atoms with Crippen LogP contribution in [-0.2, 0) is 14.4 Å². The van der Waals surface area contributed by atoms with Gasteiger partial charge in [0.2, 0.25) is 17.7 Å². The molecule has 0 spiro atoms. The van der Waals surface area contributed by atoms with Crippen molar-refractivity contribution in [2.45, 2.75) is 6.42 Å². The van der Waals surface area contributed by atoms with Crippen molar-refractivity contribution in [2.24, 2.45) is 23.7 Å². The van der Waals surface area contributed by atoms with Crippen LogP contribution < -0.4 is 5.32 Å². The molecule has 5 rings (SSSR count). The first kappa shape index (κ1) is 17.6. The van der Waals surface area contributed by atoms with E-state index in [1.165, 1.54) is 11.3 Å². The van der Waals surface area contributed by atoms with Crippen LogP contribution in [0.5, 0.6) is 0 Å². The molecule has 3 aliphatic rings. The highest BCUT2D eigenvalue weighted by molar-refractivity contribution is 7.14. The zero-order chi connectivity index (χ0) is 19.4. The van der Waals surface area contributed by atoms with E-state index in [4.69, 9.17) is 11.6 Å². The molecule has 1 saturated carbocycles. The summed E-state index contributed by atoms with van der Waals surface area (Å²) in [7, 11) is 0. The number of nitrogens with zero attached hydrogens (tertiary/aromatic N) is 2. The van der Waals surface area contributed by atoms with Crippen molar-refractivity contribution < 1.29 is 14.4 Å². The number of carbonyl (C=O) groups is 3. The van der Waals surface area contributed by atoms with Crippen LogP contribution in [0.4, 0.5) is 5.13 Å². The lowest BCUT2D eigenvalue weighted by Crippen LogP contribution is -2.39. The van der Waals surface area contributed by atoms with E-state index in [2.05, 4.69) is 10.3 Å². The number of hydrogen-bond acceptors (Lipinski definition) is 5. The number of anilines is 1. The van der Waals surface area contributed by atoms with Crippen molar-refractivity contribution in [2.75, 3.05) is 11.9 Å². The van der Waals surface area contributed by atoms with Crippen LogP contribution in [0.2, 0.25) is 5.02 Å². The van der Waals surface area contributed by atoms with E-state index in [-0.39, 0.29) is 42.0 Å². The molecule has 2 fully saturated rings. The molecule has 28 heavy (non-hydrogen) atoms. The molecule has 8 heteroatoms. The summed E-state index contributed by atoms with van der Waals surface area (Å²) in [6.07, 6.45) is 4.94. The van der Waals surface area contributed by atoms with Gasteiger partial charge in [-0.05, 0) is 24.3 Å². The molecule has 0 radical (unpaired) electrons. The van der Waals surface area contributed by atoms with Gasteiger partial charge in [0.05, 0.1) is 17.5 Å². The van der Waals surface area contributed by atoms with E-state index in [1.807, 2.05) is 30.4 Å². The van der Waals surface area contributed by atoms with Crippen LogP contribution in [0.1, 0.15) is 6.42 Å². The van der Waals surface area contributed by atoms with Crippen molar-refractivity contribution in [3.8, 4) is 11.3 Å². The Morgan fingerprint density at radius 3 is 2.54 bits per heavy atom. The summed E-state index contributed by atoms with van der Waals surface area (Å²) in [6.45, 7) is -0.273. The largest absolute Gasteiger partial charge is 0.300 e. The molecule has 4 atom stereocenters. The van der Waals surface area contributed by atoms with Crippen LogP contribution in [0.25, 0.3) is 11.3 Å². The van der Waals surface area contributed by atoms with Crippen LogP contribution in [-0.4, -0.2) is 34.2 Å². The third-order valence-corrected chi connectivity index (χ3v) is 6.85. The molecule has 2 aromatic rings. The number of halogens is 1. The fourth-order valence-electron chi connectivity index (χ4n) is 4.55. The molecule has 142 valence electrons. The zero-order valence-corrected chi connectivity index (χ0v) is 16.2. The summed E-state index contributed by atoms with van der Waals surface area (Å²) in [4.78, 5) is 43.3. The van der Waals surface area contributed by atoms with Crippen molar-refractivity contribution in [3.05, 3.63) is 46.8 Å². The summed E-state index contributed by atoms with van der Waals surface area (Å²) in [5.41, 5.74) is 1.44. The van der Waals surface area contributed by atoms with E-state index in [0.29, 0.717) is 15.8 Å². The SMILES string of the molecule is O=C(CN1C(=O)C2C3C=CC(C3)C2C1=O)Nc1nc(-c2ccccc2Cl)cs1. The van der Waals surface area contributed by atoms with Gasteiger partial charge in [-0.3, -0.25) is 19.3 Å². The topological polar surface area (TPSA) is 79.4 Å². The Bertz CT molecular complexity index is 1000. The van der Waals surface area contributed by atoms with Crippen molar-refractivity contribution in [3.63, 3.8) is 0 Å². The highest BCUT2D eigenvalue weighted by Gasteiger charge is 2.59. The number of rotatable bonds is 4. The zero-order valence-electron chi connectivity index (χ0n) is 14.7. The minimum atomic E-state index is -0.429. The summed E-state index contributed by atoms with van der Waals surface area (Å²) in [5.74, 6) is -1.19. The molecule has 1 N–H and O–H groups in total. The monoisotopic (exact) mass is 413 g/mol. The molecule has 6 nitrogen and oxygen atoms in total. The molecular weight excluding hydrogens is 398 g/mol. The first-order valence-electron chi connectivity index (χ1n) is 9.07. The quantitative estimate of drug-likeness (QED) is 0.616. The Morgan fingerprint density at radius 1 is 1.18 bits per heavy atom. The van der Waals surface area contributed by atoms with Crippen LogP contribution in [0.3, 0.4) is 0 Å². The number of amides is 3. The number of likely N-dealkylation sites (tertiary alicyclic amines) is 1. The second-order valence-corrected chi connectivity index (χ2v) is 8.59. The Hall–Kier alpha value is -2.51. The van der Waals surface area contributed by atoms with E-state index in [9.17, 15) is 14.4 Å². The fourth-order valence-corrected chi connectivity index (χ4v) is 5.51. The van der Waals surface area contributed by atoms with Gasteiger partial charge in [-0.2, -0.15) is 0 Å². The smallest absolute Gasteiger partial charge is 0.246 e. The summed E-state index contributed by atoms with van der Waals surface area (Å²) in [5, 5.41) is 5.47. The molecule has 1 aromatic heterocycles. The van der Waals surface area contributed by atoms with Gasteiger partial charge < -0.3 is 5.32 Å². The number of fused-ring (bicyclic) bond motifs is 5. The Balaban J connectivity index is 1.27. The first-order valence-corrected chi connectivity index (χ1v) is 10.3. The van der Waals surface area contributed by atoms with Gasteiger partial charge in [-0.1, -0.05) is 42.0 Å². The maximum absolute atomic E-state index is 12.7. The molecule has 3 amide bonds. The maximum Gasteiger partial charge on any atom is 0.246 e. The van der Waals surface area contributed by atoms with Gasteiger partial charge in [0.15, 0.2) is 5.13 Å². The number of nitrogens with one attached hydrogen (secondary N) is 1. The standard InChI is InChI=1S/C20H16ClN3O3S/c21-13-4-2-1-3-12(13)14-9-28-20(22-14)23-15(25)8-24-18(26)16-10-5-6-11(7-10)17(16)19(24)27/h1-6,9-11,16-17H,7-8H2,(H,22,23,25). The minimum Gasteiger partial charge on any atom is -0.300 e. The van der Waals surface area contributed by atoms with Gasteiger partial charge in [0.25, 0.3) is 0 Å². The molecule has 1 aliphatic heterocycles. The second-order valence-electron chi connectivity index (χ2n) is 7.33. The second kappa shape index (κ2) is 6.53. The highest BCUT2D eigenvalue weighted by atomic mass is 35.5. The van der Waals surface area contributed by atoms with E-state index < -0.39 is 5.91 Å². The first-order chi connectivity index (χ1) is 13.5. The predicted molar refractivity (Wildman–Crippen MR) is 106 cm³/mol.